The quantitative estimate of drug-likeness (QED) is 0.795. The first kappa shape index (κ1) is 12.0. The van der Waals surface area contributed by atoms with Crippen molar-refractivity contribution in [1.82, 2.24) is 15.6 Å². The summed E-state index contributed by atoms with van der Waals surface area (Å²) in [6.45, 7) is 4.52. The van der Waals surface area contributed by atoms with Crippen LogP contribution in [0.3, 0.4) is 0 Å². The number of nitrogens with one attached hydrogen (secondary N) is 2. The minimum Gasteiger partial charge on any atom is -0.314 e. The van der Waals surface area contributed by atoms with Crippen LogP contribution in [-0.4, -0.2) is 30.2 Å². The second kappa shape index (κ2) is 6.33. The summed E-state index contributed by atoms with van der Waals surface area (Å²) < 4.78 is 0. The summed E-state index contributed by atoms with van der Waals surface area (Å²) in [5.41, 5.74) is 3.12. The third-order valence-corrected chi connectivity index (χ3v) is 3.79. The first-order valence-electron chi connectivity index (χ1n) is 6.18. The highest BCUT2D eigenvalue weighted by atomic mass is 32.1. The normalized spacial score (nSPS) is 22.4. The molecule has 1 aliphatic rings. The molecule has 3 nitrogen and oxygen atoms in total. The molecule has 2 heterocycles. The molecular formula is C12H21N3S. The predicted molar refractivity (Wildman–Crippen MR) is 68.9 cm³/mol. The first-order valence-corrected chi connectivity index (χ1v) is 7.12. The SMILES string of the molecule is CC(CC1CCCN1)NCCc1cscn1. The van der Waals surface area contributed by atoms with Gasteiger partial charge in [0.2, 0.25) is 0 Å². The van der Waals surface area contributed by atoms with Gasteiger partial charge >= 0.3 is 0 Å². The van der Waals surface area contributed by atoms with E-state index < -0.39 is 0 Å². The van der Waals surface area contributed by atoms with Crippen molar-refractivity contribution < 1.29 is 0 Å². The van der Waals surface area contributed by atoms with E-state index in [1.54, 1.807) is 11.3 Å². The van der Waals surface area contributed by atoms with Crippen molar-refractivity contribution in [3.8, 4) is 0 Å². The lowest BCUT2D eigenvalue weighted by molar-refractivity contribution is 0.442. The summed E-state index contributed by atoms with van der Waals surface area (Å²) in [6.07, 6.45) is 4.98. The van der Waals surface area contributed by atoms with Gasteiger partial charge in [0.15, 0.2) is 0 Å². The van der Waals surface area contributed by atoms with E-state index >= 15 is 0 Å². The summed E-state index contributed by atoms with van der Waals surface area (Å²) in [5.74, 6) is 0. The Hall–Kier alpha value is -0.450. The van der Waals surface area contributed by atoms with Crippen molar-refractivity contribution in [3.05, 3.63) is 16.6 Å². The fraction of sp³-hybridized carbons (Fsp3) is 0.750. The maximum absolute atomic E-state index is 4.28. The number of nitrogens with zero attached hydrogens (tertiary/aromatic N) is 1. The van der Waals surface area contributed by atoms with Gasteiger partial charge in [-0.1, -0.05) is 0 Å². The van der Waals surface area contributed by atoms with Crippen molar-refractivity contribution in [2.45, 2.75) is 44.7 Å². The number of hydrogen-bond acceptors (Lipinski definition) is 4. The van der Waals surface area contributed by atoms with E-state index in [0.29, 0.717) is 6.04 Å². The Morgan fingerprint density at radius 1 is 1.69 bits per heavy atom. The van der Waals surface area contributed by atoms with Gasteiger partial charge in [-0.25, -0.2) is 4.98 Å². The maximum Gasteiger partial charge on any atom is 0.0794 e. The molecule has 4 heteroatoms. The molecule has 2 rings (SSSR count). The zero-order valence-corrected chi connectivity index (χ0v) is 10.7. The van der Waals surface area contributed by atoms with Gasteiger partial charge in [-0.3, -0.25) is 0 Å². The smallest absolute Gasteiger partial charge is 0.0794 e. The van der Waals surface area contributed by atoms with Gasteiger partial charge in [-0.15, -0.1) is 11.3 Å². The van der Waals surface area contributed by atoms with E-state index in [4.69, 9.17) is 0 Å². The molecule has 0 aliphatic carbocycles. The van der Waals surface area contributed by atoms with E-state index in [1.807, 2.05) is 5.51 Å². The fourth-order valence-corrected chi connectivity index (χ4v) is 2.87. The molecule has 0 bridgehead atoms. The highest BCUT2D eigenvalue weighted by Gasteiger charge is 2.16. The topological polar surface area (TPSA) is 37.0 Å². The molecule has 2 unspecified atom stereocenters. The lowest BCUT2D eigenvalue weighted by Crippen LogP contribution is -2.34. The van der Waals surface area contributed by atoms with Gasteiger partial charge in [-0.05, 0) is 32.7 Å². The van der Waals surface area contributed by atoms with Crippen LogP contribution in [0.5, 0.6) is 0 Å². The molecule has 0 saturated carbocycles. The number of hydrogen-bond donors (Lipinski definition) is 2. The van der Waals surface area contributed by atoms with Gasteiger partial charge < -0.3 is 10.6 Å². The highest BCUT2D eigenvalue weighted by molar-refractivity contribution is 7.07. The maximum atomic E-state index is 4.28. The lowest BCUT2D eigenvalue weighted by atomic mass is 10.1. The number of thiazole rings is 1. The largest absolute Gasteiger partial charge is 0.314 e. The van der Waals surface area contributed by atoms with Crippen LogP contribution in [0.25, 0.3) is 0 Å². The first-order chi connectivity index (χ1) is 7.84. The highest BCUT2D eigenvalue weighted by Crippen LogP contribution is 2.10. The van der Waals surface area contributed by atoms with E-state index in [1.165, 1.54) is 31.5 Å². The Bertz CT molecular complexity index is 280. The zero-order chi connectivity index (χ0) is 11.2. The Kier molecular flexibility index (Phi) is 4.75. The molecule has 1 aromatic rings. The van der Waals surface area contributed by atoms with Crippen molar-refractivity contribution in [2.75, 3.05) is 13.1 Å². The van der Waals surface area contributed by atoms with Gasteiger partial charge in [0.05, 0.1) is 11.2 Å². The molecule has 0 spiro atoms. The molecule has 0 radical (unpaired) electrons. The van der Waals surface area contributed by atoms with Crippen LogP contribution in [0, 0.1) is 0 Å². The monoisotopic (exact) mass is 239 g/mol. The van der Waals surface area contributed by atoms with E-state index in [-0.39, 0.29) is 0 Å². The summed E-state index contributed by atoms with van der Waals surface area (Å²) in [7, 11) is 0. The standard InChI is InChI=1S/C12H21N3S/c1-10(7-11-3-2-5-14-11)13-6-4-12-8-16-9-15-12/h8-11,13-14H,2-7H2,1H3. The van der Waals surface area contributed by atoms with Gasteiger partial charge in [0, 0.05) is 30.4 Å². The molecule has 1 aromatic heterocycles. The molecule has 2 atom stereocenters. The Morgan fingerprint density at radius 2 is 2.62 bits per heavy atom. The summed E-state index contributed by atoms with van der Waals surface area (Å²) in [4.78, 5) is 4.28. The van der Waals surface area contributed by atoms with Crippen molar-refractivity contribution in [1.29, 1.82) is 0 Å². The molecular weight excluding hydrogens is 218 g/mol. The fourth-order valence-electron chi connectivity index (χ4n) is 2.28. The van der Waals surface area contributed by atoms with Crippen LogP contribution >= 0.6 is 11.3 Å². The summed E-state index contributed by atoms with van der Waals surface area (Å²) in [6, 6.07) is 1.34. The molecule has 16 heavy (non-hydrogen) atoms. The molecule has 2 N–H and O–H groups in total. The van der Waals surface area contributed by atoms with Crippen LogP contribution in [0.2, 0.25) is 0 Å². The summed E-state index contributed by atoms with van der Waals surface area (Å²) in [5, 5.41) is 9.24. The van der Waals surface area contributed by atoms with Crippen LogP contribution in [0.4, 0.5) is 0 Å². The predicted octanol–water partition coefficient (Wildman–Crippen LogP) is 1.81. The second-order valence-corrected chi connectivity index (χ2v) is 5.33. The minimum atomic E-state index is 0.606. The Morgan fingerprint density at radius 3 is 3.31 bits per heavy atom. The average Bonchev–Trinajstić information content (AvgIpc) is 2.90. The molecule has 90 valence electrons. The average molecular weight is 239 g/mol. The number of aromatic nitrogens is 1. The van der Waals surface area contributed by atoms with Gasteiger partial charge in [0.1, 0.15) is 0 Å². The van der Waals surface area contributed by atoms with Crippen LogP contribution in [0.15, 0.2) is 10.9 Å². The van der Waals surface area contributed by atoms with Crippen LogP contribution in [0.1, 0.15) is 31.9 Å². The number of rotatable bonds is 6. The third-order valence-electron chi connectivity index (χ3n) is 3.16. The third kappa shape index (κ3) is 3.85. The van der Waals surface area contributed by atoms with Crippen LogP contribution in [-0.2, 0) is 6.42 Å². The van der Waals surface area contributed by atoms with Gasteiger partial charge in [0.25, 0.3) is 0 Å². The minimum absolute atomic E-state index is 0.606. The van der Waals surface area contributed by atoms with Crippen LogP contribution < -0.4 is 10.6 Å². The van der Waals surface area contributed by atoms with Gasteiger partial charge in [-0.2, -0.15) is 0 Å². The molecule has 0 aromatic carbocycles. The van der Waals surface area contributed by atoms with E-state index in [2.05, 4.69) is 27.9 Å². The Balaban J connectivity index is 1.58. The Labute approximate surface area is 102 Å². The van der Waals surface area contributed by atoms with E-state index in [0.717, 1.165) is 19.0 Å². The molecule has 0 amide bonds. The molecule has 1 saturated heterocycles. The summed E-state index contributed by atoms with van der Waals surface area (Å²) >= 11 is 1.68. The van der Waals surface area contributed by atoms with Crippen molar-refractivity contribution >= 4 is 11.3 Å². The second-order valence-electron chi connectivity index (χ2n) is 4.61. The molecule has 1 aliphatic heterocycles. The van der Waals surface area contributed by atoms with Crippen molar-refractivity contribution in [2.24, 2.45) is 0 Å². The van der Waals surface area contributed by atoms with Crippen molar-refractivity contribution in [3.63, 3.8) is 0 Å². The lowest BCUT2D eigenvalue weighted by Gasteiger charge is -2.17. The van der Waals surface area contributed by atoms with E-state index in [9.17, 15) is 0 Å². The zero-order valence-electron chi connectivity index (χ0n) is 9.91. The molecule has 1 fully saturated rings.